The molecule has 4 nitrogen and oxygen atoms in total. The summed E-state index contributed by atoms with van der Waals surface area (Å²) < 4.78 is 11.0. The molecule has 0 aromatic heterocycles. The molecule has 0 aliphatic rings. The number of ether oxygens (including phenoxy) is 2. The fourth-order valence-electron chi connectivity index (χ4n) is 2.83. The Morgan fingerprint density at radius 1 is 0.926 bits per heavy atom. The summed E-state index contributed by atoms with van der Waals surface area (Å²) in [6, 6.07) is 25.6. The van der Waals surface area contributed by atoms with Crippen molar-refractivity contribution >= 4 is 11.6 Å². The number of methoxy groups -OCH3 is 1. The molecule has 0 bridgehead atoms. The van der Waals surface area contributed by atoms with Crippen LogP contribution in [0.3, 0.4) is 0 Å². The van der Waals surface area contributed by atoms with Crippen LogP contribution < -0.4 is 10.1 Å². The maximum absolute atomic E-state index is 12.2. The quantitative estimate of drug-likeness (QED) is 0.620. The lowest BCUT2D eigenvalue weighted by molar-refractivity contribution is -0.116. The molecule has 0 spiro atoms. The maximum Gasteiger partial charge on any atom is 0.227 e. The third kappa shape index (κ3) is 5.43. The summed E-state index contributed by atoms with van der Waals surface area (Å²) in [6.07, 6.45) is 0.275. The van der Waals surface area contributed by atoms with E-state index in [0.29, 0.717) is 13.2 Å². The van der Waals surface area contributed by atoms with Gasteiger partial charge in [0.2, 0.25) is 5.91 Å². The SMILES string of the molecule is COCc1cccc(NC(=O)CCOc2ccccc2-c2ccccc2)c1. The Labute approximate surface area is 159 Å². The lowest BCUT2D eigenvalue weighted by Crippen LogP contribution is -2.15. The predicted molar refractivity (Wildman–Crippen MR) is 108 cm³/mol. The van der Waals surface area contributed by atoms with E-state index in [0.717, 1.165) is 28.1 Å². The Kier molecular flexibility index (Phi) is 6.61. The van der Waals surface area contributed by atoms with E-state index in [-0.39, 0.29) is 12.3 Å². The van der Waals surface area contributed by atoms with Crippen molar-refractivity contribution in [3.8, 4) is 16.9 Å². The van der Waals surface area contributed by atoms with Crippen molar-refractivity contribution in [2.24, 2.45) is 0 Å². The molecule has 0 atom stereocenters. The zero-order valence-electron chi connectivity index (χ0n) is 15.4. The van der Waals surface area contributed by atoms with Crippen LogP contribution >= 0.6 is 0 Å². The Morgan fingerprint density at radius 2 is 1.70 bits per heavy atom. The number of benzene rings is 3. The molecule has 3 aromatic rings. The lowest BCUT2D eigenvalue weighted by atomic mass is 10.1. The minimum Gasteiger partial charge on any atom is -0.492 e. The third-order valence-electron chi connectivity index (χ3n) is 4.08. The van der Waals surface area contributed by atoms with Crippen LogP contribution in [0.5, 0.6) is 5.75 Å². The van der Waals surface area contributed by atoms with Gasteiger partial charge in [0, 0.05) is 18.4 Å². The summed E-state index contributed by atoms with van der Waals surface area (Å²) in [4.78, 5) is 12.2. The van der Waals surface area contributed by atoms with Crippen molar-refractivity contribution in [2.75, 3.05) is 19.0 Å². The number of rotatable bonds is 8. The van der Waals surface area contributed by atoms with E-state index in [4.69, 9.17) is 9.47 Å². The van der Waals surface area contributed by atoms with E-state index in [1.54, 1.807) is 7.11 Å². The minimum absolute atomic E-state index is 0.0817. The number of anilines is 1. The molecule has 1 amide bonds. The topological polar surface area (TPSA) is 47.6 Å². The molecule has 0 saturated carbocycles. The van der Waals surface area contributed by atoms with Crippen LogP contribution in [0.1, 0.15) is 12.0 Å². The number of amides is 1. The minimum atomic E-state index is -0.0817. The molecule has 0 unspecified atom stereocenters. The zero-order chi connectivity index (χ0) is 18.9. The Bertz CT molecular complexity index is 878. The van der Waals surface area contributed by atoms with Crippen molar-refractivity contribution in [3.05, 3.63) is 84.4 Å². The number of hydrogen-bond donors (Lipinski definition) is 1. The lowest BCUT2D eigenvalue weighted by Gasteiger charge is -2.12. The van der Waals surface area contributed by atoms with Crippen LogP contribution in [0, 0.1) is 0 Å². The highest BCUT2D eigenvalue weighted by Crippen LogP contribution is 2.29. The molecular formula is C23H23NO3. The number of carbonyl (C=O) groups excluding carboxylic acids is 1. The van der Waals surface area contributed by atoms with Crippen LogP contribution in [0.15, 0.2) is 78.9 Å². The number of hydrogen-bond acceptors (Lipinski definition) is 3. The largest absolute Gasteiger partial charge is 0.492 e. The highest BCUT2D eigenvalue weighted by Gasteiger charge is 2.07. The summed E-state index contributed by atoms with van der Waals surface area (Å²) in [5.41, 5.74) is 3.89. The molecule has 27 heavy (non-hydrogen) atoms. The summed E-state index contributed by atoms with van der Waals surface area (Å²) >= 11 is 0. The van der Waals surface area contributed by atoms with Crippen molar-refractivity contribution < 1.29 is 14.3 Å². The van der Waals surface area contributed by atoms with Gasteiger partial charge >= 0.3 is 0 Å². The smallest absolute Gasteiger partial charge is 0.227 e. The van der Waals surface area contributed by atoms with Gasteiger partial charge in [-0.1, -0.05) is 60.7 Å². The maximum atomic E-state index is 12.2. The van der Waals surface area contributed by atoms with Gasteiger partial charge in [0.25, 0.3) is 0 Å². The molecule has 3 rings (SSSR count). The van der Waals surface area contributed by atoms with Crippen LogP contribution in [0.25, 0.3) is 11.1 Å². The summed E-state index contributed by atoms with van der Waals surface area (Å²) in [5, 5.41) is 2.90. The summed E-state index contributed by atoms with van der Waals surface area (Å²) in [7, 11) is 1.65. The van der Waals surface area contributed by atoms with E-state index in [2.05, 4.69) is 5.32 Å². The molecule has 0 aliphatic carbocycles. The van der Waals surface area contributed by atoms with Crippen LogP contribution in [-0.2, 0) is 16.1 Å². The van der Waals surface area contributed by atoms with Gasteiger partial charge < -0.3 is 14.8 Å². The first-order chi connectivity index (χ1) is 13.3. The molecule has 0 saturated heterocycles. The molecule has 3 aromatic carbocycles. The molecule has 4 heteroatoms. The van der Waals surface area contributed by atoms with E-state index in [9.17, 15) is 4.79 Å². The Hall–Kier alpha value is -3.11. The van der Waals surface area contributed by atoms with Gasteiger partial charge in [0.05, 0.1) is 19.6 Å². The highest BCUT2D eigenvalue weighted by molar-refractivity contribution is 5.90. The first kappa shape index (κ1) is 18.7. The van der Waals surface area contributed by atoms with E-state index in [1.807, 2.05) is 78.9 Å². The fourth-order valence-corrected chi connectivity index (χ4v) is 2.83. The monoisotopic (exact) mass is 361 g/mol. The second-order valence-corrected chi connectivity index (χ2v) is 6.14. The van der Waals surface area contributed by atoms with Crippen molar-refractivity contribution in [1.82, 2.24) is 0 Å². The number of carbonyl (C=O) groups is 1. The van der Waals surface area contributed by atoms with Crippen molar-refractivity contribution in [1.29, 1.82) is 0 Å². The van der Waals surface area contributed by atoms with Gasteiger partial charge in [-0.15, -0.1) is 0 Å². The van der Waals surface area contributed by atoms with Crippen LogP contribution in [-0.4, -0.2) is 19.6 Å². The van der Waals surface area contributed by atoms with Gasteiger partial charge in [-0.05, 0) is 29.3 Å². The second kappa shape index (κ2) is 9.55. The summed E-state index contributed by atoms with van der Waals surface area (Å²) in [6.45, 7) is 0.830. The Balaban J connectivity index is 1.56. The van der Waals surface area contributed by atoms with Gasteiger partial charge in [0.15, 0.2) is 0 Å². The molecule has 138 valence electrons. The van der Waals surface area contributed by atoms with Crippen molar-refractivity contribution in [3.63, 3.8) is 0 Å². The standard InChI is InChI=1S/C23H23NO3/c1-26-17-18-8-7-11-20(16-18)24-23(25)14-15-27-22-13-6-5-12-21(22)19-9-3-2-4-10-19/h2-13,16H,14-15,17H2,1H3,(H,24,25). The van der Waals surface area contributed by atoms with E-state index in [1.165, 1.54) is 0 Å². The third-order valence-corrected chi connectivity index (χ3v) is 4.08. The van der Waals surface area contributed by atoms with Gasteiger partial charge in [-0.25, -0.2) is 0 Å². The Morgan fingerprint density at radius 3 is 2.52 bits per heavy atom. The normalized spacial score (nSPS) is 10.4. The zero-order valence-corrected chi connectivity index (χ0v) is 15.4. The highest BCUT2D eigenvalue weighted by atomic mass is 16.5. The van der Waals surface area contributed by atoms with Gasteiger partial charge in [0.1, 0.15) is 5.75 Å². The van der Waals surface area contributed by atoms with E-state index >= 15 is 0 Å². The fraction of sp³-hybridized carbons (Fsp3) is 0.174. The average Bonchev–Trinajstić information content (AvgIpc) is 2.70. The summed E-state index contributed by atoms with van der Waals surface area (Å²) in [5.74, 6) is 0.695. The molecule has 0 fully saturated rings. The van der Waals surface area contributed by atoms with Crippen molar-refractivity contribution in [2.45, 2.75) is 13.0 Å². The molecule has 0 heterocycles. The molecule has 0 aliphatic heterocycles. The van der Waals surface area contributed by atoms with Crippen LogP contribution in [0.2, 0.25) is 0 Å². The predicted octanol–water partition coefficient (Wildman–Crippen LogP) is 4.91. The first-order valence-corrected chi connectivity index (χ1v) is 8.91. The number of para-hydroxylation sites is 1. The average molecular weight is 361 g/mol. The number of nitrogens with one attached hydrogen (secondary N) is 1. The second-order valence-electron chi connectivity index (χ2n) is 6.14. The van der Waals surface area contributed by atoms with E-state index < -0.39 is 0 Å². The first-order valence-electron chi connectivity index (χ1n) is 8.91. The molecule has 0 radical (unpaired) electrons. The molecule has 1 N–H and O–H groups in total. The molecular weight excluding hydrogens is 338 g/mol. The van der Waals surface area contributed by atoms with Gasteiger partial charge in [-0.3, -0.25) is 4.79 Å². The van der Waals surface area contributed by atoms with Gasteiger partial charge in [-0.2, -0.15) is 0 Å². The van der Waals surface area contributed by atoms with Crippen LogP contribution in [0.4, 0.5) is 5.69 Å².